The van der Waals surface area contributed by atoms with Crippen molar-refractivity contribution in [1.29, 1.82) is 0 Å². The predicted octanol–water partition coefficient (Wildman–Crippen LogP) is 29.4. The van der Waals surface area contributed by atoms with Gasteiger partial charge in [-0.25, -0.2) is 0 Å². The molecule has 9 rings (SSSR count). The Bertz CT molecular complexity index is 1610. The number of aliphatic hydroxyl groups is 1. The van der Waals surface area contributed by atoms with E-state index in [-0.39, 0.29) is 73.8 Å². The number of fused-ring (bicyclic) bond motifs is 3. The largest absolute Gasteiger partial charge is 2.00 e. The van der Waals surface area contributed by atoms with Crippen LogP contribution in [-0.4, -0.2) is 22.1 Å². The maximum Gasteiger partial charge on any atom is 2.00 e. The summed E-state index contributed by atoms with van der Waals surface area (Å²) in [6.07, 6.45) is 30.6. The number of Topliss-reactive ketones (excluding diaryl/α,β-unsaturated/α-hetero) is 2. The number of aliphatic hydroxyl groups excluding tert-OH is 1. The average Bonchev–Trinajstić information content (AvgIpc) is 4.50. The van der Waals surface area contributed by atoms with E-state index in [1.165, 1.54) is 132 Å². The van der Waals surface area contributed by atoms with Gasteiger partial charge in [-0.2, -0.15) is 72.9 Å². The summed E-state index contributed by atoms with van der Waals surface area (Å²) in [4.78, 5) is 21.7. The minimum absolute atomic E-state index is 0. The molecule has 4 radical (unpaired) electrons. The first kappa shape index (κ1) is 119. The average molecular weight is 2220 g/mol. The molecule has 488 valence electrons. The van der Waals surface area contributed by atoms with Crippen LogP contribution in [0.2, 0.25) is 0 Å². The molecule has 6 aliphatic rings. The van der Waals surface area contributed by atoms with Crippen molar-refractivity contribution in [3.8, 4) is 0 Å². The molecule has 83 heavy (non-hydrogen) atoms. The number of benzene rings is 3. The van der Waals surface area contributed by atoms with Gasteiger partial charge in [0.2, 0.25) is 0 Å². The van der Waals surface area contributed by atoms with E-state index in [1.54, 1.807) is 13.8 Å². The van der Waals surface area contributed by atoms with E-state index in [9.17, 15) is 9.59 Å². The van der Waals surface area contributed by atoms with E-state index in [4.69, 9.17) is 5.11 Å². The number of hydrogen-bond donors (Lipinski definition) is 1. The molecule has 3 fully saturated rings. The third kappa shape index (κ3) is 85.6. The van der Waals surface area contributed by atoms with Gasteiger partial charge in [-0.1, -0.05) is 307 Å². The molecule has 3 aromatic carbocycles. The van der Waals surface area contributed by atoms with Crippen LogP contribution in [0.1, 0.15) is 314 Å². The fraction of sp³-hybridized carbons (Fsp3) is 0.631. The molecule has 3 nitrogen and oxygen atoms in total. The Labute approximate surface area is 659 Å². The second-order valence-electron chi connectivity index (χ2n) is 15.1. The number of carbonyl (C=O) groups is 2. The summed E-state index contributed by atoms with van der Waals surface area (Å²) in [6, 6.07) is 17.7. The van der Waals surface area contributed by atoms with Crippen LogP contribution in [0, 0.1) is 31.6 Å². The molecule has 0 bridgehead atoms. The second-order valence-corrected chi connectivity index (χ2v) is 49.8. The minimum Gasteiger partial charge on any atom is -0.328 e. The molecule has 0 spiro atoms. The van der Waals surface area contributed by atoms with Crippen LogP contribution in [0.25, 0.3) is 0 Å². The van der Waals surface area contributed by atoms with Gasteiger partial charge in [0.05, 0.1) is 9.04 Å². The van der Waals surface area contributed by atoms with E-state index in [2.05, 4.69) is 215 Å². The third-order valence-electron chi connectivity index (χ3n) is 10.2. The number of rotatable bonds is 4. The molecule has 0 aromatic heterocycles. The zero-order valence-electron chi connectivity index (χ0n) is 56.0. The molecule has 0 aliphatic heterocycles. The standard InChI is InChI=1S/C10H10O.C9H7O.C8H7O.C7H14.2C6H11.9C2H6.CH2I2.BH2I3P.HI2P.H2IP.3V/c1-6-9-4-3-8(7(2)11)5-10(6)9;1-6(10)7-2-3-8-5-9(8)4-7;9-5-6-1-2-7-4-8(7)3-6;1-7-5-3-2-4-6-7;2*1-2-4-6-5-3-1;9*1-2;2-1-3;2-1-4(3)5;1-3-2;1-2;;;/h3-6H,1-2H3;2-5H,1H3;1-4,9H,5H2;7H,2-6H2,1H3;2*1H,2-6H2;9*1-2H3;1H2;5H2;3H;2H2;;;/q;2*-1;;2*-1;;;;;;;;;;;;;;;2*+2/t6-;;;;;;;;;;;;;;;;;;;;;/m0...................../s1. The van der Waals surface area contributed by atoms with Gasteiger partial charge in [0.15, 0.2) is 11.6 Å². The topological polar surface area (TPSA) is 54.4 Å². The fourth-order valence-electron chi connectivity index (χ4n) is 6.51. The van der Waals surface area contributed by atoms with E-state index in [0.29, 0.717) is 5.92 Å². The second kappa shape index (κ2) is 104. The summed E-state index contributed by atoms with van der Waals surface area (Å²) in [7, 11) is 0. The zero-order chi connectivity index (χ0) is 64.7. The third-order valence-corrected chi connectivity index (χ3v) is 26.0. The molecule has 0 saturated heterocycles. The van der Waals surface area contributed by atoms with Crippen molar-refractivity contribution in [3.05, 3.63) is 130 Å². The van der Waals surface area contributed by atoms with Crippen molar-refractivity contribution in [2.75, 3.05) is 2.43 Å². The number of halogens is 8. The van der Waals surface area contributed by atoms with Crippen LogP contribution >= 0.6 is 185 Å². The predicted molar refractivity (Wildman–Crippen MR) is 457 cm³/mol. The van der Waals surface area contributed by atoms with Crippen molar-refractivity contribution in [2.45, 2.75) is 261 Å². The van der Waals surface area contributed by atoms with E-state index in [0.717, 1.165) is 26.5 Å². The van der Waals surface area contributed by atoms with Crippen LogP contribution in [0.3, 0.4) is 0 Å². The Morgan fingerprint density at radius 2 is 0.867 bits per heavy atom. The summed E-state index contributed by atoms with van der Waals surface area (Å²) in [5.74, 6) is 1.94. The van der Waals surface area contributed by atoms with Crippen LogP contribution < -0.4 is 0 Å². The molecule has 2 unspecified atom stereocenters. The van der Waals surface area contributed by atoms with Crippen molar-refractivity contribution < 1.29 is 70.4 Å². The molecule has 3 saturated carbocycles. The Morgan fingerprint density at radius 1 is 0.566 bits per heavy atom. The Morgan fingerprint density at radius 3 is 1.10 bits per heavy atom. The summed E-state index contributed by atoms with van der Waals surface area (Å²) >= 11 is 15.4. The molecule has 0 amide bonds. The van der Waals surface area contributed by atoms with Crippen LogP contribution in [0.5, 0.6) is 0 Å². The van der Waals surface area contributed by atoms with E-state index in [1.807, 2.05) is 173 Å². The van der Waals surface area contributed by atoms with Gasteiger partial charge in [-0.3, -0.25) is 9.59 Å². The maximum absolute atomic E-state index is 10.9. The number of ketones is 2. The Kier molecular flexibility index (Phi) is 149. The van der Waals surface area contributed by atoms with Gasteiger partial charge >= 0.3 is 103 Å². The minimum atomic E-state index is -0.534. The van der Waals surface area contributed by atoms with Crippen molar-refractivity contribution in [2.24, 2.45) is 5.92 Å². The quantitative estimate of drug-likeness (QED) is 0.0487. The first-order valence-corrected chi connectivity index (χ1v) is 57.5. The normalized spacial score (nSPS) is 12.7. The van der Waals surface area contributed by atoms with Crippen LogP contribution in [-0.2, 0) is 62.3 Å². The number of carbonyl (C=O) groups excluding carboxylic acids is 2. The van der Waals surface area contributed by atoms with Crippen molar-refractivity contribution in [1.82, 2.24) is 0 Å². The smallest absolute Gasteiger partial charge is 0.328 e. The summed E-state index contributed by atoms with van der Waals surface area (Å²) < 4.78 is 4.46. The molecule has 0 heterocycles. The van der Waals surface area contributed by atoms with Gasteiger partial charge < -0.3 is 17.9 Å². The fourth-order valence-corrected chi connectivity index (χ4v) is 6.51. The zero-order valence-corrected chi connectivity index (χ0v) is 80.8. The SMILES string of the molecule is CC.CC.CC.CC.CC.CC.CC.CC.CC.CC(=O)c1ccc2c(c1)[C@H]2C.CC(=O)c1ccc2c(c1)[CH-]2.CC1CCCCC1.ICI.IPI.OCc1ccc2c(c1)[CH-]2.PI.PI(I)[B]I.[CH-]1CCCCC1.[CH-]1CCCCC1.[V+2].[V+2].[V]. The molecular formula is C65H121BI8O3P3V3. The molecule has 3 atom stereocenters. The summed E-state index contributed by atoms with van der Waals surface area (Å²) in [6.45, 7) is 49.1. The maximum atomic E-state index is 10.9. The van der Waals surface area contributed by atoms with Gasteiger partial charge in [0.1, 0.15) is 0 Å². The number of hydrogen-bond acceptors (Lipinski definition) is 3. The molecule has 6 aliphatic carbocycles. The molecule has 1 N–H and O–H groups in total. The molecule has 3 aromatic rings. The van der Waals surface area contributed by atoms with E-state index >= 15 is 0 Å². The number of alkyl halides is 2. The first-order valence-electron chi connectivity index (χ1n) is 30.1. The van der Waals surface area contributed by atoms with E-state index < -0.39 is 15.1 Å². The van der Waals surface area contributed by atoms with Crippen LogP contribution in [0.4, 0.5) is 0 Å². The molecule has 18 heteroatoms. The Hall–Kier alpha value is 5.65. The van der Waals surface area contributed by atoms with Gasteiger partial charge in [0, 0.05) is 33.9 Å². The monoisotopic (exact) mass is 2220 g/mol. The van der Waals surface area contributed by atoms with Crippen molar-refractivity contribution >= 4 is 200 Å². The summed E-state index contributed by atoms with van der Waals surface area (Å²) in [5, 5.41) is 8.67. The van der Waals surface area contributed by atoms with Gasteiger partial charge in [0.25, 0.3) is 0 Å². The first-order chi connectivity index (χ1) is 38.9. The summed E-state index contributed by atoms with van der Waals surface area (Å²) in [5.41, 5.74) is 10.5. The molecular weight excluding hydrogens is 2100 g/mol. The van der Waals surface area contributed by atoms with Gasteiger partial charge in [-0.05, 0) is 86.6 Å². The van der Waals surface area contributed by atoms with Crippen molar-refractivity contribution in [3.63, 3.8) is 0 Å². The Balaban J connectivity index is -0.0000000589. The van der Waals surface area contributed by atoms with Crippen LogP contribution in [0.15, 0.2) is 54.6 Å². The van der Waals surface area contributed by atoms with Gasteiger partial charge in [-0.15, -0.1) is 18.2 Å².